The Kier molecular flexibility index (Phi) is 5.90. The van der Waals surface area contributed by atoms with E-state index in [4.69, 9.17) is 4.74 Å². The van der Waals surface area contributed by atoms with E-state index in [0.29, 0.717) is 17.9 Å². The summed E-state index contributed by atoms with van der Waals surface area (Å²) in [6.45, 7) is 9.21. The highest BCUT2D eigenvalue weighted by molar-refractivity contribution is 6.03. The fourth-order valence-electron chi connectivity index (χ4n) is 4.13. The Morgan fingerprint density at radius 2 is 1.91 bits per heavy atom. The maximum atomic E-state index is 12.8. The van der Waals surface area contributed by atoms with Crippen LogP contribution in [0.3, 0.4) is 0 Å². The summed E-state index contributed by atoms with van der Waals surface area (Å²) in [4.78, 5) is 42.5. The molecule has 1 fully saturated rings. The number of fused-ring (bicyclic) bond motifs is 1. The average molecular weight is 440 g/mol. The highest BCUT2D eigenvalue weighted by atomic mass is 16.6. The predicted octanol–water partition coefficient (Wildman–Crippen LogP) is 2.89. The Labute approximate surface area is 187 Å². The Hall–Kier alpha value is -3.36. The third kappa shape index (κ3) is 4.19. The molecule has 9 nitrogen and oxygen atoms in total. The summed E-state index contributed by atoms with van der Waals surface area (Å²) >= 11 is 0. The molecule has 2 aliphatic rings. The van der Waals surface area contributed by atoms with Crippen molar-refractivity contribution in [1.82, 2.24) is 14.7 Å². The van der Waals surface area contributed by atoms with E-state index in [1.165, 1.54) is 6.92 Å². The fraction of sp³-hybridized carbons (Fsp3) is 0.478. The van der Waals surface area contributed by atoms with Crippen LogP contribution in [-0.2, 0) is 20.9 Å². The summed E-state index contributed by atoms with van der Waals surface area (Å²) in [5.74, 6) is -0.0225. The van der Waals surface area contributed by atoms with Crippen molar-refractivity contribution in [2.24, 2.45) is 0 Å². The normalized spacial score (nSPS) is 17.8. The Bertz CT molecular complexity index is 1040. The molecule has 9 heteroatoms. The summed E-state index contributed by atoms with van der Waals surface area (Å²) in [6.07, 6.45) is 3.89. The van der Waals surface area contributed by atoms with Gasteiger partial charge in [0.15, 0.2) is 0 Å². The minimum atomic E-state index is -0.440. The summed E-state index contributed by atoms with van der Waals surface area (Å²) in [5.41, 5.74) is 2.95. The van der Waals surface area contributed by atoms with Crippen LogP contribution in [0.5, 0.6) is 0 Å². The Morgan fingerprint density at radius 1 is 1.16 bits per heavy atom. The summed E-state index contributed by atoms with van der Waals surface area (Å²) < 4.78 is 7.08. The van der Waals surface area contributed by atoms with Gasteiger partial charge in [0.05, 0.1) is 29.7 Å². The molecule has 2 aliphatic heterocycles. The zero-order valence-electron chi connectivity index (χ0n) is 18.9. The van der Waals surface area contributed by atoms with E-state index in [1.54, 1.807) is 34.5 Å². The van der Waals surface area contributed by atoms with Crippen LogP contribution in [0.25, 0.3) is 11.1 Å². The zero-order valence-corrected chi connectivity index (χ0v) is 18.9. The van der Waals surface area contributed by atoms with E-state index in [0.717, 1.165) is 30.6 Å². The van der Waals surface area contributed by atoms with E-state index in [2.05, 4.69) is 5.10 Å². The summed E-state index contributed by atoms with van der Waals surface area (Å²) in [5, 5.41) is 4.33. The lowest BCUT2D eigenvalue weighted by Crippen LogP contribution is -2.51. The maximum absolute atomic E-state index is 12.8. The van der Waals surface area contributed by atoms with Gasteiger partial charge in [-0.2, -0.15) is 5.10 Å². The lowest BCUT2D eigenvalue weighted by molar-refractivity contribution is -0.135. The highest BCUT2D eigenvalue weighted by Crippen LogP contribution is 2.39. The number of carbonyl (C=O) groups is 3. The molecule has 0 bridgehead atoms. The molecule has 0 spiro atoms. The van der Waals surface area contributed by atoms with Gasteiger partial charge < -0.3 is 14.5 Å². The number of hydrogen-bond donors (Lipinski definition) is 0. The molecule has 2 aromatic rings. The van der Waals surface area contributed by atoms with Gasteiger partial charge in [-0.15, -0.1) is 0 Å². The van der Waals surface area contributed by atoms with Crippen molar-refractivity contribution in [1.29, 1.82) is 0 Å². The van der Waals surface area contributed by atoms with Crippen molar-refractivity contribution in [3.8, 4) is 11.1 Å². The molecule has 0 saturated carbocycles. The topological polar surface area (TPSA) is 88.0 Å². The number of ether oxygens (including phenoxy) is 1. The Balaban J connectivity index is 1.65. The van der Waals surface area contributed by atoms with Crippen molar-refractivity contribution < 1.29 is 19.1 Å². The van der Waals surface area contributed by atoms with E-state index in [1.807, 2.05) is 36.2 Å². The van der Waals surface area contributed by atoms with E-state index >= 15 is 0 Å². The van der Waals surface area contributed by atoms with Crippen LogP contribution in [0.2, 0.25) is 0 Å². The van der Waals surface area contributed by atoms with E-state index in [-0.39, 0.29) is 30.5 Å². The lowest BCUT2D eigenvalue weighted by Gasteiger charge is -2.40. The van der Waals surface area contributed by atoms with Gasteiger partial charge in [0.1, 0.15) is 6.54 Å². The number of hydrogen-bond acceptors (Lipinski definition) is 5. The summed E-state index contributed by atoms with van der Waals surface area (Å²) in [6, 6.07) is 5.44. The first-order valence-corrected chi connectivity index (χ1v) is 11.0. The van der Waals surface area contributed by atoms with Crippen LogP contribution >= 0.6 is 0 Å². The van der Waals surface area contributed by atoms with Crippen molar-refractivity contribution in [3.63, 3.8) is 0 Å². The predicted molar refractivity (Wildman–Crippen MR) is 120 cm³/mol. The fourth-order valence-corrected chi connectivity index (χ4v) is 4.13. The van der Waals surface area contributed by atoms with Crippen molar-refractivity contribution in [2.75, 3.05) is 29.4 Å². The number of aromatic nitrogens is 2. The van der Waals surface area contributed by atoms with Gasteiger partial charge in [-0.25, -0.2) is 4.79 Å². The second-order valence-corrected chi connectivity index (χ2v) is 8.65. The molecule has 170 valence electrons. The number of nitrogens with zero attached hydrogens (tertiary/aromatic N) is 5. The number of amides is 3. The first kappa shape index (κ1) is 21.9. The minimum Gasteiger partial charge on any atom is -0.446 e. The first-order chi connectivity index (χ1) is 15.2. The van der Waals surface area contributed by atoms with Crippen LogP contribution in [-0.4, -0.2) is 64.4 Å². The second kappa shape index (κ2) is 8.64. The van der Waals surface area contributed by atoms with Crippen LogP contribution < -0.4 is 9.80 Å². The molecule has 1 atom stereocenters. The van der Waals surface area contributed by atoms with Gasteiger partial charge in [-0.05, 0) is 44.9 Å². The summed E-state index contributed by atoms with van der Waals surface area (Å²) in [7, 11) is 0. The SMILES string of the molecule is CC(=O)N1c2ccc(-c3cnn(CC(=O)N4CCC4)c3)cc2N(C(=O)OC(C)C)CC1C. The molecule has 1 aromatic carbocycles. The molecule has 3 amide bonds. The van der Waals surface area contributed by atoms with Gasteiger partial charge >= 0.3 is 6.09 Å². The van der Waals surface area contributed by atoms with Crippen molar-refractivity contribution >= 4 is 29.3 Å². The smallest absolute Gasteiger partial charge is 0.414 e. The third-order valence-electron chi connectivity index (χ3n) is 5.78. The molecular weight excluding hydrogens is 410 g/mol. The standard InChI is InChI=1S/C23H29N5O4/c1-15(2)32-23(31)27-12-16(3)28(17(4)29)20-7-6-18(10-21(20)27)19-11-24-26(13-19)14-22(30)25-8-5-9-25/h6-7,10-11,13,15-16H,5,8-9,12,14H2,1-4H3. The van der Waals surface area contributed by atoms with Gasteiger partial charge in [0.2, 0.25) is 11.8 Å². The van der Waals surface area contributed by atoms with Crippen LogP contribution in [0.15, 0.2) is 30.6 Å². The van der Waals surface area contributed by atoms with Crippen molar-refractivity contribution in [2.45, 2.75) is 52.8 Å². The molecule has 0 aliphatic carbocycles. The van der Waals surface area contributed by atoms with Crippen LogP contribution in [0.4, 0.5) is 16.2 Å². The van der Waals surface area contributed by atoms with Gasteiger partial charge in [0.25, 0.3) is 0 Å². The number of likely N-dealkylation sites (tertiary alicyclic amines) is 1. The second-order valence-electron chi connectivity index (χ2n) is 8.65. The Morgan fingerprint density at radius 3 is 2.53 bits per heavy atom. The molecular formula is C23H29N5O4. The minimum absolute atomic E-state index is 0.0602. The van der Waals surface area contributed by atoms with Gasteiger partial charge in [0, 0.05) is 38.3 Å². The number of rotatable bonds is 4. The third-order valence-corrected chi connectivity index (χ3v) is 5.78. The number of carbonyl (C=O) groups excluding carboxylic acids is 3. The van der Waals surface area contributed by atoms with E-state index < -0.39 is 6.09 Å². The number of anilines is 2. The molecule has 32 heavy (non-hydrogen) atoms. The molecule has 4 rings (SSSR count). The highest BCUT2D eigenvalue weighted by Gasteiger charge is 2.35. The van der Waals surface area contributed by atoms with E-state index in [9.17, 15) is 14.4 Å². The molecule has 1 unspecified atom stereocenters. The average Bonchev–Trinajstić information content (AvgIpc) is 3.13. The van der Waals surface area contributed by atoms with Gasteiger partial charge in [-0.3, -0.25) is 19.2 Å². The monoisotopic (exact) mass is 439 g/mol. The molecule has 1 saturated heterocycles. The molecule has 0 radical (unpaired) electrons. The zero-order chi connectivity index (χ0) is 23.0. The van der Waals surface area contributed by atoms with Crippen molar-refractivity contribution in [3.05, 3.63) is 30.6 Å². The first-order valence-electron chi connectivity index (χ1n) is 11.0. The number of benzene rings is 1. The quantitative estimate of drug-likeness (QED) is 0.731. The van der Waals surface area contributed by atoms with Crippen LogP contribution in [0, 0.1) is 0 Å². The van der Waals surface area contributed by atoms with Crippen LogP contribution in [0.1, 0.15) is 34.1 Å². The van der Waals surface area contributed by atoms with Gasteiger partial charge in [-0.1, -0.05) is 6.07 Å². The molecule has 0 N–H and O–H groups in total. The molecule has 1 aromatic heterocycles. The molecule has 3 heterocycles. The maximum Gasteiger partial charge on any atom is 0.414 e. The lowest BCUT2D eigenvalue weighted by atomic mass is 10.0. The largest absolute Gasteiger partial charge is 0.446 e.